The number of thiophene rings is 1. The molecule has 2 aromatic heterocycles. The molecule has 0 aromatic carbocycles. The molecule has 0 aliphatic heterocycles. The Labute approximate surface area is 114 Å². The van der Waals surface area contributed by atoms with E-state index in [-0.39, 0.29) is 17.7 Å². The fourth-order valence-electron chi connectivity index (χ4n) is 2.11. The van der Waals surface area contributed by atoms with Crippen molar-refractivity contribution < 1.29 is 14.2 Å². The molecule has 0 spiro atoms. The van der Waals surface area contributed by atoms with Crippen LogP contribution >= 0.6 is 11.3 Å². The van der Waals surface area contributed by atoms with Crippen molar-refractivity contribution in [1.29, 1.82) is 0 Å². The molecule has 1 amide bonds. The Balaban J connectivity index is 1.60. The maximum absolute atomic E-state index is 11.8. The molecule has 0 radical (unpaired) electrons. The molecule has 1 aliphatic rings. The minimum atomic E-state index is -0.363. The topological polar surface area (TPSA) is 64.4 Å². The van der Waals surface area contributed by atoms with Crippen LogP contribution in [0, 0.1) is 0 Å². The molecule has 0 bridgehead atoms. The third kappa shape index (κ3) is 2.85. The molecule has 1 N–H and O–H groups in total. The highest BCUT2D eigenvalue weighted by Crippen LogP contribution is 2.25. The Morgan fingerprint density at radius 1 is 1.47 bits per heavy atom. The molecule has 0 saturated heterocycles. The summed E-state index contributed by atoms with van der Waals surface area (Å²) in [6, 6.07) is 5.46. The van der Waals surface area contributed by atoms with Crippen LogP contribution < -0.4 is 5.48 Å². The fourth-order valence-corrected chi connectivity index (χ4v) is 2.79. The summed E-state index contributed by atoms with van der Waals surface area (Å²) >= 11 is 1.54. The van der Waals surface area contributed by atoms with E-state index in [2.05, 4.69) is 10.6 Å². The molecule has 1 fully saturated rings. The zero-order valence-corrected chi connectivity index (χ0v) is 11.1. The fraction of sp³-hybridized carbons (Fsp3) is 0.385. The monoisotopic (exact) mass is 278 g/mol. The van der Waals surface area contributed by atoms with Crippen LogP contribution in [0.5, 0.6) is 0 Å². The van der Waals surface area contributed by atoms with Crippen molar-refractivity contribution in [2.45, 2.75) is 31.8 Å². The van der Waals surface area contributed by atoms with Gasteiger partial charge in [-0.25, -0.2) is 5.48 Å². The molecule has 3 rings (SSSR count). The quantitative estimate of drug-likeness (QED) is 0.873. The minimum absolute atomic E-state index is 0.132. The zero-order valence-electron chi connectivity index (χ0n) is 10.3. The van der Waals surface area contributed by atoms with E-state index in [1.165, 1.54) is 11.3 Å². The van der Waals surface area contributed by atoms with Gasteiger partial charge < -0.3 is 4.52 Å². The number of hydroxylamine groups is 1. The molecule has 2 heterocycles. The molecule has 0 atom stereocenters. The summed E-state index contributed by atoms with van der Waals surface area (Å²) in [6.07, 6.45) is 4.45. The predicted molar refractivity (Wildman–Crippen MR) is 70.6 cm³/mol. The number of rotatable bonds is 4. The highest BCUT2D eigenvalue weighted by atomic mass is 32.1. The number of amides is 1. The van der Waals surface area contributed by atoms with Gasteiger partial charge in [0.15, 0.2) is 11.5 Å². The lowest BCUT2D eigenvalue weighted by Crippen LogP contribution is -2.28. The van der Waals surface area contributed by atoms with Gasteiger partial charge in [-0.2, -0.15) is 0 Å². The van der Waals surface area contributed by atoms with Crippen molar-refractivity contribution in [2.24, 2.45) is 0 Å². The first kappa shape index (κ1) is 12.4. The lowest BCUT2D eigenvalue weighted by Gasteiger charge is -2.09. The Morgan fingerprint density at radius 3 is 3.05 bits per heavy atom. The number of aromatic nitrogens is 1. The molecule has 1 saturated carbocycles. The van der Waals surface area contributed by atoms with Crippen LogP contribution in [0.2, 0.25) is 0 Å². The number of nitrogens with zero attached hydrogens (tertiary/aromatic N) is 1. The van der Waals surface area contributed by atoms with Crippen LogP contribution in [-0.2, 0) is 4.84 Å². The van der Waals surface area contributed by atoms with Crippen LogP contribution in [0.3, 0.4) is 0 Å². The van der Waals surface area contributed by atoms with Gasteiger partial charge in [0.25, 0.3) is 5.91 Å². The van der Waals surface area contributed by atoms with E-state index in [4.69, 9.17) is 9.36 Å². The lowest BCUT2D eigenvalue weighted by atomic mass is 10.3. The summed E-state index contributed by atoms with van der Waals surface area (Å²) in [6.45, 7) is 0. The normalized spacial score (nSPS) is 15.8. The summed E-state index contributed by atoms with van der Waals surface area (Å²) in [4.78, 5) is 18.1. The number of hydrogen-bond donors (Lipinski definition) is 1. The molecule has 1 aliphatic carbocycles. The maximum atomic E-state index is 11.8. The van der Waals surface area contributed by atoms with Gasteiger partial charge in [0, 0.05) is 6.07 Å². The van der Waals surface area contributed by atoms with Crippen molar-refractivity contribution in [3.63, 3.8) is 0 Å². The van der Waals surface area contributed by atoms with Crippen molar-refractivity contribution in [1.82, 2.24) is 10.6 Å². The molecular weight excluding hydrogens is 264 g/mol. The van der Waals surface area contributed by atoms with E-state index in [0.717, 1.165) is 30.6 Å². The van der Waals surface area contributed by atoms with E-state index in [1.54, 1.807) is 6.07 Å². The Morgan fingerprint density at radius 2 is 2.32 bits per heavy atom. The van der Waals surface area contributed by atoms with Crippen LogP contribution in [0.4, 0.5) is 0 Å². The predicted octanol–water partition coefficient (Wildman–Crippen LogP) is 3.01. The van der Waals surface area contributed by atoms with Gasteiger partial charge in [-0.3, -0.25) is 9.63 Å². The van der Waals surface area contributed by atoms with Gasteiger partial charge in [-0.1, -0.05) is 24.1 Å². The SMILES string of the molecule is O=C(NOC1CCCC1)c1cc(-c2cccs2)on1. The minimum Gasteiger partial charge on any atom is -0.355 e. The number of hydrogen-bond acceptors (Lipinski definition) is 5. The summed E-state index contributed by atoms with van der Waals surface area (Å²) in [5, 5.41) is 5.70. The first-order valence-corrected chi connectivity index (χ1v) is 7.17. The van der Waals surface area contributed by atoms with E-state index in [9.17, 15) is 4.79 Å². The molecule has 100 valence electrons. The van der Waals surface area contributed by atoms with Crippen LogP contribution in [0.25, 0.3) is 10.6 Å². The summed E-state index contributed by atoms with van der Waals surface area (Å²) in [5.74, 6) is 0.236. The van der Waals surface area contributed by atoms with E-state index in [1.807, 2.05) is 17.5 Å². The van der Waals surface area contributed by atoms with Crippen molar-refractivity contribution in [3.8, 4) is 10.6 Å². The number of carbonyl (C=O) groups is 1. The second kappa shape index (κ2) is 5.54. The first-order chi connectivity index (χ1) is 9.33. The van der Waals surface area contributed by atoms with Crippen molar-refractivity contribution >= 4 is 17.2 Å². The second-order valence-corrected chi connectivity index (χ2v) is 5.46. The number of nitrogens with one attached hydrogen (secondary N) is 1. The first-order valence-electron chi connectivity index (χ1n) is 6.29. The van der Waals surface area contributed by atoms with Gasteiger partial charge in [-0.15, -0.1) is 11.3 Å². The summed E-state index contributed by atoms with van der Waals surface area (Å²) < 4.78 is 5.15. The average Bonchev–Trinajstić information content (AvgIpc) is 3.14. The smallest absolute Gasteiger partial charge is 0.297 e. The summed E-state index contributed by atoms with van der Waals surface area (Å²) in [5.41, 5.74) is 2.68. The second-order valence-electron chi connectivity index (χ2n) is 4.51. The average molecular weight is 278 g/mol. The Hall–Kier alpha value is -1.66. The van der Waals surface area contributed by atoms with Crippen LogP contribution in [0.1, 0.15) is 36.2 Å². The third-order valence-electron chi connectivity index (χ3n) is 3.13. The Bertz CT molecular complexity index is 544. The van der Waals surface area contributed by atoms with Gasteiger partial charge in [-0.05, 0) is 24.3 Å². The highest BCUT2D eigenvalue weighted by Gasteiger charge is 2.19. The molecule has 19 heavy (non-hydrogen) atoms. The van der Waals surface area contributed by atoms with Crippen LogP contribution in [-0.4, -0.2) is 17.2 Å². The molecule has 6 heteroatoms. The number of carbonyl (C=O) groups excluding carboxylic acids is 1. The van der Waals surface area contributed by atoms with E-state index < -0.39 is 0 Å². The maximum Gasteiger partial charge on any atom is 0.297 e. The van der Waals surface area contributed by atoms with Gasteiger partial charge in [0.1, 0.15) is 0 Å². The highest BCUT2D eigenvalue weighted by molar-refractivity contribution is 7.13. The zero-order chi connectivity index (χ0) is 13.1. The van der Waals surface area contributed by atoms with E-state index >= 15 is 0 Å². The lowest BCUT2D eigenvalue weighted by molar-refractivity contribution is -0.0129. The van der Waals surface area contributed by atoms with Gasteiger partial charge >= 0.3 is 0 Å². The van der Waals surface area contributed by atoms with Crippen LogP contribution in [0.15, 0.2) is 28.1 Å². The molecule has 2 aromatic rings. The molecule has 0 unspecified atom stereocenters. The van der Waals surface area contributed by atoms with Crippen molar-refractivity contribution in [2.75, 3.05) is 0 Å². The summed E-state index contributed by atoms with van der Waals surface area (Å²) in [7, 11) is 0. The van der Waals surface area contributed by atoms with Gasteiger partial charge in [0.2, 0.25) is 0 Å². The standard InChI is InChI=1S/C13H14N2O3S/c16-13(15-17-9-4-1-2-5-9)10-8-11(18-14-10)12-6-3-7-19-12/h3,6-9H,1-2,4-5H2,(H,15,16). The van der Waals surface area contributed by atoms with Crippen molar-refractivity contribution in [3.05, 3.63) is 29.3 Å². The van der Waals surface area contributed by atoms with E-state index in [0.29, 0.717) is 5.76 Å². The molecule has 5 nitrogen and oxygen atoms in total. The largest absolute Gasteiger partial charge is 0.355 e. The van der Waals surface area contributed by atoms with Gasteiger partial charge in [0.05, 0.1) is 11.0 Å². The Kier molecular flexibility index (Phi) is 3.61. The molecular formula is C13H14N2O3S. The third-order valence-corrected chi connectivity index (χ3v) is 4.01.